The van der Waals surface area contributed by atoms with E-state index in [4.69, 9.17) is 0 Å². The lowest BCUT2D eigenvalue weighted by molar-refractivity contribution is -0.123. The van der Waals surface area contributed by atoms with E-state index in [1.165, 1.54) is 16.2 Å². The topological polar surface area (TPSA) is 63.2 Å². The maximum Gasteiger partial charge on any atom is 0.240 e. The van der Waals surface area contributed by atoms with Crippen LogP contribution in [0.1, 0.15) is 18.4 Å². The van der Waals surface area contributed by atoms with Gasteiger partial charge < -0.3 is 0 Å². The molecule has 98 valence electrons. The van der Waals surface area contributed by atoms with Crippen molar-refractivity contribution in [1.82, 2.24) is 10.2 Å². The van der Waals surface area contributed by atoms with Crippen LogP contribution in [0.15, 0.2) is 12.2 Å². The van der Waals surface area contributed by atoms with E-state index >= 15 is 0 Å². The molecule has 0 radical (unpaired) electrons. The monoisotopic (exact) mass is 275 g/mol. The number of rotatable bonds is 2. The third-order valence-corrected chi connectivity index (χ3v) is 5.47. The van der Waals surface area contributed by atoms with E-state index in [0.717, 1.165) is 17.8 Å². The van der Waals surface area contributed by atoms with E-state index in [2.05, 4.69) is 22.3 Å². The lowest BCUT2D eigenvalue weighted by Gasteiger charge is -2.14. The summed E-state index contributed by atoms with van der Waals surface area (Å²) in [7, 11) is 0. The van der Waals surface area contributed by atoms with Crippen LogP contribution < -0.4 is 4.90 Å². The molecule has 1 aromatic rings. The van der Waals surface area contributed by atoms with E-state index in [9.17, 15) is 9.59 Å². The SMILES string of the molecule is CCc1nnc(N2C(=O)[C@H]3[C@H](C2=O)[C@H]2C=C[C@H]3C2)s1. The van der Waals surface area contributed by atoms with Gasteiger partial charge in [-0.25, -0.2) is 4.90 Å². The number of carbonyl (C=O) groups is 2. The molecule has 0 N–H and O–H groups in total. The Hall–Kier alpha value is -1.56. The summed E-state index contributed by atoms with van der Waals surface area (Å²) in [6.45, 7) is 1.98. The van der Waals surface area contributed by atoms with E-state index in [-0.39, 0.29) is 35.5 Å². The fourth-order valence-corrected chi connectivity index (χ4v) is 4.36. The molecular weight excluding hydrogens is 262 g/mol. The Balaban J connectivity index is 1.72. The van der Waals surface area contributed by atoms with Gasteiger partial charge >= 0.3 is 0 Å². The fourth-order valence-electron chi connectivity index (χ4n) is 3.57. The maximum absolute atomic E-state index is 12.5. The summed E-state index contributed by atoms with van der Waals surface area (Å²) >= 11 is 1.34. The number of allylic oxidation sites excluding steroid dienone is 2. The predicted molar refractivity (Wildman–Crippen MR) is 69.5 cm³/mol. The third kappa shape index (κ3) is 1.35. The van der Waals surface area contributed by atoms with Crippen molar-refractivity contribution >= 4 is 28.3 Å². The molecule has 0 spiro atoms. The molecule has 1 saturated heterocycles. The first-order valence-corrected chi connectivity index (χ1v) is 7.41. The molecule has 2 amide bonds. The smallest absolute Gasteiger partial charge is 0.240 e. The van der Waals surface area contributed by atoms with Crippen molar-refractivity contribution in [2.24, 2.45) is 23.7 Å². The Morgan fingerprint density at radius 2 is 1.84 bits per heavy atom. The minimum absolute atomic E-state index is 0.0781. The van der Waals surface area contributed by atoms with Crippen LogP contribution >= 0.6 is 11.3 Å². The number of anilines is 1. The number of imide groups is 1. The average molecular weight is 275 g/mol. The molecule has 2 heterocycles. The van der Waals surface area contributed by atoms with Crippen LogP contribution in [-0.2, 0) is 16.0 Å². The van der Waals surface area contributed by atoms with Gasteiger partial charge in [0, 0.05) is 0 Å². The summed E-state index contributed by atoms with van der Waals surface area (Å²) < 4.78 is 0. The second kappa shape index (κ2) is 3.72. The number of amides is 2. The average Bonchev–Trinajstić information content (AvgIpc) is 3.14. The van der Waals surface area contributed by atoms with Crippen molar-refractivity contribution < 1.29 is 9.59 Å². The van der Waals surface area contributed by atoms with E-state index in [1.807, 2.05) is 6.92 Å². The molecular formula is C13H13N3O2S. The van der Waals surface area contributed by atoms with Gasteiger partial charge in [0.05, 0.1) is 11.8 Å². The fraction of sp³-hybridized carbons (Fsp3) is 0.538. The van der Waals surface area contributed by atoms with Crippen molar-refractivity contribution in [3.05, 3.63) is 17.2 Å². The highest BCUT2D eigenvalue weighted by Crippen LogP contribution is 2.53. The summed E-state index contributed by atoms with van der Waals surface area (Å²) in [5, 5.41) is 9.30. The van der Waals surface area contributed by atoms with Crippen LogP contribution in [-0.4, -0.2) is 22.0 Å². The highest BCUT2D eigenvalue weighted by molar-refractivity contribution is 7.15. The highest BCUT2D eigenvalue weighted by atomic mass is 32.1. The molecule has 2 fully saturated rings. The molecule has 2 bridgehead atoms. The van der Waals surface area contributed by atoms with Gasteiger partial charge in [0.1, 0.15) is 5.01 Å². The van der Waals surface area contributed by atoms with Gasteiger partial charge in [-0.1, -0.05) is 30.4 Å². The van der Waals surface area contributed by atoms with Gasteiger partial charge in [0.15, 0.2) is 0 Å². The van der Waals surface area contributed by atoms with E-state index in [1.54, 1.807) is 0 Å². The molecule has 2 aliphatic carbocycles. The standard InChI is InChI=1S/C13H13N3O2S/c1-2-8-14-15-13(19-8)16-11(17)9-6-3-4-7(5-6)10(9)12(16)18/h3-4,6-7,9-10H,2,5H2,1H3/t6-,7-,9+,10+/m0/s1. The number of carbonyl (C=O) groups excluding carboxylic acids is 2. The number of fused-ring (bicyclic) bond motifs is 5. The van der Waals surface area contributed by atoms with Crippen LogP contribution in [0.2, 0.25) is 0 Å². The summed E-state index contributed by atoms with van der Waals surface area (Å²) in [6.07, 6.45) is 5.92. The Bertz CT molecular complexity index is 579. The summed E-state index contributed by atoms with van der Waals surface area (Å²) in [6, 6.07) is 0. The zero-order chi connectivity index (χ0) is 13.1. The molecule has 1 aliphatic heterocycles. The Morgan fingerprint density at radius 1 is 1.21 bits per heavy atom. The van der Waals surface area contributed by atoms with Crippen LogP contribution in [0.25, 0.3) is 0 Å². The quantitative estimate of drug-likeness (QED) is 0.605. The molecule has 0 aromatic carbocycles. The van der Waals surface area contributed by atoms with Gasteiger partial charge in [-0.2, -0.15) is 0 Å². The Morgan fingerprint density at radius 3 is 2.37 bits per heavy atom. The molecule has 6 heteroatoms. The molecule has 1 saturated carbocycles. The summed E-state index contributed by atoms with van der Waals surface area (Å²) in [4.78, 5) is 26.3. The molecule has 4 rings (SSSR count). The van der Waals surface area contributed by atoms with Crippen LogP contribution in [0.4, 0.5) is 5.13 Å². The first-order valence-electron chi connectivity index (χ1n) is 6.59. The number of aromatic nitrogens is 2. The number of hydrogen-bond donors (Lipinski definition) is 0. The van der Waals surface area contributed by atoms with Gasteiger partial charge in [0.2, 0.25) is 16.9 Å². The molecule has 4 atom stereocenters. The lowest BCUT2D eigenvalue weighted by atomic mass is 9.85. The van der Waals surface area contributed by atoms with E-state index in [0.29, 0.717) is 5.13 Å². The minimum Gasteiger partial charge on any atom is -0.274 e. The highest BCUT2D eigenvalue weighted by Gasteiger charge is 2.60. The van der Waals surface area contributed by atoms with E-state index < -0.39 is 0 Å². The number of hydrogen-bond acceptors (Lipinski definition) is 5. The van der Waals surface area contributed by atoms with Gasteiger partial charge in [-0.05, 0) is 24.7 Å². The van der Waals surface area contributed by atoms with Crippen LogP contribution in [0.3, 0.4) is 0 Å². The zero-order valence-electron chi connectivity index (χ0n) is 10.4. The van der Waals surface area contributed by atoms with Gasteiger partial charge in [-0.15, -0.1) is 10.2 Å². The second-order valence-electron chi connectivity index (χ2n) is 5.34. The Kier molecular flexibility index (Phi) is 2.21. The van der Waals surface area contributed by atoms with Crippen molar-refractivity contribution in [2.45, 2.75) is 19.8 Å². The molecule has 19 heavy (non-hydrogen) atoms. The normalized spacial score (nSPS) is 35.5. The number of nitrogens with zero attached hydrogens (tertiary/aromatic N) is 3. The van der Waals surface area contributed by atoms with Crippen molar-refractivity contribution in [3.8, 4) is 0 Å². The Labute approximate surface area is 114 Å². The lowest BCUT2D eigenvalue weighted by Crippen LogP contribution is -2.32. The molecule has 1 aromatic heterocycles. The zero-order valence-corrected chi connectivity index (χ0v) is 11.3. The maximum atomic E-state index is 12.5. The second-order valence-corrected chi connectivity index (χ2v) is 6.38. The van der Waals surface area contributed by atoms with Gasteiger partial charge in [0.25, 0.3) is 0 Å². The van der Waals surface area contributed by atoms with Crippen molar-refractivity contribution in [2.75, 3.05) is 4.90 Å². The summed E-state index contributed by atoms with van der Waals surface area (Å²) in [5.41, 5.74) is 0. The van der Waals surface area contributed by atoms with Crippen molar-refractivity contribution in [3.63, 3.8) is 0 Å². The predicted octanol–water partition coefficient (Wildman–Crippen LogP) is 1.41. The first-order chi connectivity index (χ1) is 9.20. The minimum atomic E-state index is -0.156. The third-order valence-electron chi connectivity index (χ3n) is 4.42. The summed E-state index contributed by atoms with van der Waals surface area (Å²) in [5.74, 6) is 0.0225. The van der Waals surface area contributed by atoms with Crippen molar-refractivity contribution in [1.29, 1.82) is 0 Å². The molecule has 5 nitrogen and oxygen atoms in total. The number of aryl methyl sites for hydroxylation is 1. The van der Waals surface area contributed by atoms with Gasteiger partial charge in [-0.3, -0.25) is 9.59 Å². The van der Waals surface area contributed by atoms with Crippen LogP contribution in [0.5, 0.6) is 0 Å². The molecule has 0 unspecified atom stereocenters. The van der Waals surface area contributed by atoms with Crippen LogP contribution in [0, 0.1) is 23.7 Å². The largest absolute Gasteiger partial charge is 0.274 e. The molecule has 3 aliphatic rings. The first kappa shape index (κ1) is 11.3.